The van der Waals surface area contributed by atoms with Crippen molar-refractivity contribution in [2.24, 2.45) is 0 Å². The monoisotopic (exact) mass is 207 g/mol. The summed E-state index contributed by atoms with van der Waals surface area (Å²) in [7, 11) is 0. The van der Waals surface area contributed by atoms with Gasteiger partial charge in [0.1, 0.15) is 6.23 Å². The van der Waals surface area contributed by atoms with E-state index in [-0.39, 0.29) is 6.23 Å². The van der Waals surface area contributed by atoms with Gasteiger partial charge in [-0.15, -0.1) is 0 Å². The van der Waals surface area contributed by atoms with E-state index in [1.54, 1.807) is 0 Å². The summed E-state index contributed by atoms with van der Waals surface area (Å²) in [5.41, 5.74) is 2.34. The first-order valence-corrected chi connectivity index (χ1v) is 5.70. The van der Waals surface area contributed by atoms with Gasteiger partial charge in [-0.1, -0.05) is 25.5 Å². The molecule has 0 saturated heterocycles. The average Bonchev–Trinajstić information content (AvgIpc) is 2.19. The number of hydrogen-bond donors (Lipinski definition) is 1. The molecule has 2 heteroatoms. The Bertz CT molecular complexity index is 298. The van der Waals surface area contributed by atoms with Crippen molar-refractivity contribution in [3.8, 4) is 0 Å². The molecule has 0 saturated carbocycles. The highest BCUT2D eigenvalue weighted by molar-refractivity contribution is 5.48. The molecule has 0 aliphatic carbocycles. The van der Waals surface area contributed by atoms with E-state index >= 15 is 0 Å². The van der Waals surface area contributed by atoms with Gasteiger partial charge >= 0.3 is 0 Å². The van der Waals surface area contributed by atoms with Gasteiger partial charge in [-0.25, -0.2) is 0 Å². The van der Waals surface area contributed by atoms with Crippen molar-refractivity contribution in [1.82, 2.24) is 0 Å². The Hall–Kier alpha value is -1.02. The van der Waals surface area contributed by atoms with E-state index in [2.05, 4.69) is 39.0 Å². The van der Waals surface area contributed by atoms with Crippen LogP contribution in [0.5, 0.6) is 0 Å². The molecule has 1 aromatic carbocycles. The Morgan fingerprint density at radius 2 is 2.07 bits per heavy atom. The minimum atomic E-state index is -0.359. The minimum Gasteiger partial charge on any atom is -0.374 e. The van der Waals surface area contributed by atoms with Gasteiger partial charge in [-0.3, -0.25) is 0 Å². The number of aliphatic hydroxyl groups excluding tert-OH is 1. The standard InChI is InChI=1S/C13H21NO/c1-4-7-13(15)14(5-2)12-9-6-8-11(3)10-12/h6,8-10,13,15H,4-5,7H2,1-3H3. The smallest absolute Gasteiger partial charge is 0.126 e. The van der Waals surface area contributed by atoms with Crippen molar-refractivity contribution in [2.45, 2.75) is 39.8 Å². The first-order chi connectivity index (χ1) is 7.19. The zero-order valence-corrected chi connectivity index (χ0v) is 9.90. The maximum absolute atomic E-state index is 9.98. The summed E-state index contributed by atoms with van der Waals surface area (Å²) in [5, 5.41) is 9.98. The fraction of sp³-hybridized carbons (Fsp3) is 0.538. The van der Waals surface area contributed by atoms with Crippen LogP contribution in [0.1, 0.15) is 32.3 Å². The molecule has 0 heterocycles. The van der Waals surface area contributed by atoms with Crippen molar-refractivity contribution < 1.29 is 5.11 Å². The molecule has 1 N–H and O–H groups in total. The van der Waals surface area contributed by atoms with Crippen molar-refractivity contribution in [2.75, 3.05) is 11.4 Å². The molecule has 15 heavy (non-hydrogen) atoms. The van der Waals surface area contributed by atoms with Crippen LogP contribution in [0.15, 0.2) is 24.3 Å². The third-order valence-electron chi connectivity index (χ3n) is 2.58. The predicted molar refractivity (Wildman–Crippen MR) is 65.1 cm³/mol. The van der Waals surface area contributed by atoms with Crippen LogP contribution >= 0.6 is 0 Å². The summed E-state index contributed by atoms with van der Waals surface area (Å²) in [6.45, 7) is 7.07. The zero-order valence-electron chi connectivity index (χ0n) is 9.90. The lowest BCUT2D eigenvalue weighted by Crippen LogP contribution is -2.34. The van der Waals surface area contributed by atoms with Gasteiger partial charge in [-0.2, -0.15) is 0 Å². The summed E-state index contributed by atoms with van der Waals surface area (Å²) in [6.07, 6.45) is 1.47. The lowest BCUT2D eigenvalue weighted by Gasteiger charge is -2.29. The molecule has 0 aliphatic heterocycles. The van der Waals surface area contributed by atoms with Crippen LogP contribution < -0.4 is 4.90 Å². The van der Waals surface area contributed by atoms with Crippen LogP contribution in [0.4, 0.5) is 5.69 Å². The summed E-state index contributed by atoms with van der Waals surface area (Å²) >= 11 is 0. The SMILES string of the molecule is CCCC(O)N(CC)c1cccc(C)c1. The van der Waals surface area contributed by atoms with Gasteiger partial charge in [0.05, 0.1) is 0 Å². The van der Waals surface area contributed by atoms with Gasteiger partial charge in [0, 0.05) is 12.2 Å². The molecular weight excluding hydrogens is 186 g/mol. The van der Waals surface area contributed by atoms with Crippen LogP contribution in [0.25, 0.3) is 0 Å². The second kappa shape index (κ2) is 5.76. The quantitative estimate of drug-likeness (QED) is 0.750. The Kier molecular flexibility index (Phi) is 4.63. The molecule has 1 atom stereocenters. The largest absolute Gasteiger partial charge is 0.374 e. The third kappa shape index (κ3) is 3.24. The molecule has 1 aromatic rings. The van der Waals surface area contributed by atoms with Gasteiger partial charge in [-0.05, 0) is 38.0 Å². The van der Waals surface area contributed by atoms with E-state index in [1.807, 2.05) is 11.0 Å². The van der Waals surface area contributed by atoms with Crippen LogP contribution in [-0.4, -0.2) is 17.9 Å². The molecule has 0 fully saturated rings. The Balaban J connectivity index is 2.82. The van der Waals surface area contributed by atoms with Crippen molar-refractivity contribution >= 4 is 5.69 Å². The molecule has 0 amide bonds. The Morgan fingerprint density at radius 3 is 2.60 bits per heavy atom. The molecule has 1 rings (SSSR count). The summed E-state index contributed by atoms with van der Waals surface area (Å²) in [6, 6.07) is 8.27. The number of aryl methyl sites for hydroxylation is 1. The van der Waals surface area contributed by atoms with Crippen LogP contribution in [0.2, 0.25) is 0 Å². The normalized spacial score (nSPS) is 12.5. The first kappa shape index (κ1) is 12.1. The molecule has 0 aromatic heterocycles. The van der Waals surface area contributed by atoms with E-state index in [1.165, 1.54) is 5.56 Å². The fourth-order valence-electron chi connectivity index (χ4n) is 1.79. The average molecular weight is 207 g/mol. The van der Waals surface area contributed by atoms with Crippen LogP contribution in [0, 0.1) is 6.92 Å². The number of anilines is 1. The maximum atomic E-state index is 9.98. The highest BCUT2D eigenvalue weighted by Gasteiger charge is 2.13. The van der Waals surface area contributed by atoms with E-state index in [0.29, 0.717) is 0 Å². The number of nitrogens with zero attached hydrogens (tertiary/aromatic N) is 1. The molecule has 1 unspecified atom stereocenters. The molecule has 0 aliphatic rings. The fourth-order valence-corrected chi connectivity index (χ4v) is 1.79. The summed E-state index contributed by atoms with van der Waals surface area (Å²) < 4.78 is 0. The maximum Gasteiger partial charge on any atom is 0.126 e. The molecular formula is C13H21NO. The topological polar surface area (TPSA) is 23.5 Å². The summed E-state index contributed by atoms with van der Waals surface area (Å²) in [4.78, 5) is 2.04. The van der Waals surface area contributed by atoms with Crippen LogP contribution in [0.3, 0.4) is 0 Å². The predicted octanol–water partition coefficient (Wildman–Crippen LogP) is 2.94. The first-order valence-electron chi connectivity index (χ1n) is 5.70. The Labute approximate surface area is 92.5 Å². The van der Waals surface area contributed by atoms with Crippen molar-refractivity contribution in [1.29, 1.82) is 0 Å². The second-order valence-corrected chi connectivity index (χ2v) is 3.89. The lowest BCUT2D eigenvalue weighted by molar-refractivity contribution is 0.159. The number of hydrogen-bond acceptors (Lipinski definition) is 2. The number of benzene rings is 1. The van der Waals surface area contributed by atoms with E-state index in [9.17, 15) is 5.11 Å². The van der Waals surface area contributed by atoms with E-state index in [4.69, 9.17) is 0 Å². The van der Waals surface area contributed by atoms with Gasteiger partial charge in [0.15, 0.2) is 0 Å². The molecule has 0 radical (unpaired) electrons. The highest BCUT2D eigenvalue weighted by Crippen LogP contribution is 2.19. The van der Waals surface area contributed by atoms with Crippen LogP contribution in [-0.2, 0) is 0 Å². The molecule has 0 spiro atoms. The van der Waals surface area contributed by atoms with Crippen molar-refractivity contribution in [3.63, 3.8) is 0 Å². The van der Waals surface area contributed by atoms with E-state index < -0.39 is 0 Å². The highest BCUT2D eigenvalue weighted by atomic mass is 16.3. The zero-order chi connectivity index (χ0) is 11.3. The van der Waals surface area contributed by atoms with Gasteiger partial charge in [0.25, 0.3) is 0 Å². The second-order valence-electron chi connectivity index (χ2n) is 3.89. The van der Waals surface area contributed by atoms with Gasteiger partial charge in [0.2, 0.25) is 0 Å². The molecule has 0 bridgehead atoms. The summed E-state index contributed by atoms with van der Waals surface area (Å²) in [5.74, 6) is 0. The molecule has 84 valence electrons. The number of aliphatic hydroxyl groups is 1. The van der Waals surface area contributed by atoms with Gasteiger partial charge < -0.3 is 10.0 Å². The third-order valence-corrected chi connectivity index (χ3v) is 2.58. The molecule has 2 nitrogen and oxygen atoms in total. The lowest BCUT2D eigenvalue weighted by atomic mass is 10.2. The minimum absolute atomic E-state index is 0.359. The van der Waals surface area contributed by atoms with E-state index in [0.717, 1.165) is 25.1 Å². The number of rotatable bonds is 5. The van der Waals surface area contributed by atoms with Crippen molar-refractivity contribution in [3.05, 3.63) is 29.8 Å². The Morgan fingerprint density at radius 1 is 1.33 bits per heavy atom.